The number of Topliss-reactive ketones (excluding diaryl/α,β-unsaturated/α-hetero) is 1. The average molecular weight is 366 g/mol. The van der Waals surface area contributed by atoms with Gasteiger partial charge in [-0.05, 0) is 54.8 Å². The number of carbonyl (C=O) groups excluding carboxylic acids is 1. The Labute approximate surface area is 157 Å². The molecule has 5 heteroatoms. The molecule has 0 fully saturated rings. The standard InChI is InChI=1S/C22H22O5/c1-3-4-5-16-12-22(24)27-21-13-18(10-11-19(16)21)26-14-20(23)15-6-8-17(25-2)9-7-15/h6-13H,3-5,14H2,1-2H3. The van der Waals surface area contributed by atoms with Crippen molar-refractivity contribution in [2.24, 2.45) is 0 Å². The monoisotopic (exact) mass is 366 g/mol. The van der Waals surface area contributed by atoms with Crippen LogP contribution in [0.5, 0.6) is 11.5 Å². The zero-order chi connectivity index (χ0) is 19.2. The molecule has 0 unspecified atom stereocenters. The van der Waals surface area contributed by atoms with Crippen LogP contribution in [0, 0.1) is 0 Å². The van der Waals surface area contributed by atoms with E-state index < -0.39 is 0 Å². The number of aryl methyl sites for hydroxylation is 1. The number of fused-ring (bicyclic) bond motifs is 1. The van der Waals surface area contributed by atoms with Crippen molar-refractivity contribution in [2.45, 2.75) is 26.2 Å². The smallest absolute Gasteiger partial charge is 0.336 e. The van der Waals surface area contributed by atoms with Gasteiger partial charge in [0.05, 0.1) is 7.11 Å². The molecule has 0 radical (unpaired) electrons. The van der Waals surface area contributed by atoms with Gasteiger partial charge >= 0.3 is 5.63 Å². The summed E-state index contributed by atoms with van der Waals surface area (Å²) in [5.74, 6) is 1.03. The summed E-state index contributed by atoms with van der Waals surface area (Å²) in [5, 5.41) is 0.900. The van der Waals surface area contributed by atoms with Gasteiger partial charge in [0, 0.05) is 23.1 Å². The Balaban J connectivity index is 1.75. The molecule has 1 heterocycles. The lowest BCUT2D eigenvalue weighted by molar-refractivity contribution is 0.0921. The van der Waals surface area contributed by atoms with Gasteiger partial charge in [0.1, 0.15) is 17.1 Å². The van der Waals surface area contributed by atoms with Crippen LogP contribution in [-0.2, 0) is 6.42 Å². The van der Waals surface area contributed by atoms with Crippen molar-refractivity contribution >= 4 is 16.8 Å². The maximum Gasteiger partial charge on any atom is 0.336 e. The SMILES string of the molecule is CCCCc1cc(=O)oc2cc(OCC(=O)c3ccc(OC)cc3)ccc12. The van der Waals surface area contributed by atoms with Gasteiger partial charge in [0.15, 0.2) is 12.4 Å². The molecule has 0 N–H and O–H groups in total. The van der Waals surface area contributed by atoms with Crippen LogP contribution < -0.4 is 15.1 Å². The van der Waals surface area contributed by atoms with Crippen LogP contribution >= 0.6 is 0 Å². The summed E-state index contributed by atoms with van der Waals surface area (Å²) in [6, 6.07) is 13.7. The van der Waals surface area contributed by atoms with Crippen LogP contribution in [-0.4, -0.2) is 19.5 Å². The van der Waals surface area contributed by atoms with Crippen LogP contribution in [0.4, 0.5) is 0 Å². The van der Waals surface area contributed by atoms with Crippen LogP contribution in [0.25, 0.3) is 11.0 Å². The van der Waals surface area contributed by atoms with Gasteiger partial charge in [0.25, 0.3) is 0 Å². The Bertz CT molecular complexity index is 986. The molecule has 27 heavy (non-hydrogen) atoms. The number of carbonyl (C=O) groups is 1. The predicted molar refractivity (Wildman–Crippen MR) is 104 cm³/mol. The highest BCUT2D eigenvalue weighted by Gasteiger charge is 2.10. The summed E-state index contributed by atoms with van der Waals surface area (Å²) in [4.78, 5) is 24.1. The fraction of sp³-hybridized carbons (Fsp3) is 0.273. The molecule has 5 nitrogen and oxygen atoms in total. The van der Waals surface area contributed by atoms with Crippen molar-refractivity contribution in [3.8, 4) is 11.5 Å². The summed E-state index contributed by atoms with van der Waals surface area (Å²) in [6.07, 6.45) is 2.89. The van der Waals surface area contributed by atoms with Gasteiger partial charge in [-0.15, -0.1) is 0 Å². The Morgan fingerprint density at radius 1 is 1.04 bits per heavy atom. The van der Waals surface area contributed by atoms with Crippen molar-refractivity contribution in [1.29, 1.82) is 0 Å². The van der Waals surface area contributed by atoms with Gasteiger partial charge < -0.3 is 13.9 Å². The zero-order valence-corrected chi connectivity index (χ0v) is 15.5. The summed E-state index contributed by atoms with van der Waals surface area (Å²) in [6.45, 7) is 2.01. The molecule has 0 aliphatic heterocycles. The Kier molecular flexibility index (Phi) is 5.91. The van der Waals surface area contributed by atoms with Crippen molar-refractivity contribution in [3.63, 3.8) is 0 Å². The van der Waals surface area contributed by atoms with Crippen LogP contribution in [0.3, 0.4) is 0 Å². The van der Waals surface area contributed by atoms with E-state index in [2.05, 4.69) is 6.92 Å². The van der Waals surface area contributed by atoms with E-state index in [0.29, 0.717) is 22.6 Å². The van der Waals surface area contributed by atoms with Crippen molar-refractivity contribution in [3.05, 3.63) is 70.1 Å². The maximum atomic E-state index is 12.3. The lowest BCUT2D eigenvalue weighted by atomic mass is 10.0. The van der Waals surface area contributed by atoms with Crippen LogP contribution in [0.15, 0.2) is 57.7 Å². The van der Waals surface area contributed by atoms with E-state index in [-0.39, 0.29) is 18.0 Å². The third-order valence-corrected chi connectivity index (χ3v) is 4.38. The minimum Gasteiger partial charge on any atom is -0.497 e. The minimum atomic E-state index is -0.375. The van der Waals surface area contributed by atoms with E-state index in [1.807, 2.05) is 6.07 Å². The molecule has 3 rings (SSSR count). The van der Waals surface area contributed by atoms with Crippen LogP contribution in [0.1, 0.15) is 35.7 Å². The third-order valence-electron chi connectivity index (χ3n) is 4.38. The zero-order valence-electron chi connectivity index (χ0n) is 15.5. The first-order chi connectivity index (χ1) is 13.1. The van der Waals surface area contributed by atoms with E-state index in [1.165, 1.54) is 0 Å². The highest BCUT2D eigenvalue weighted by atomic mass is 16.5. The highest BCUT2D eigenvalue weighted by Crippen LogP contribution is 2.24. The molecule has 0 saturated carbocycles. The molecular formula is C22H22O5. The van der Waals surface area contributed by atoms with Crippen LogP contribution in [0.2, 0.25) is 0 Å². The molecule has 2 aromatic carbocycles. The molecule has 0 aliphatic rings. The van der Waals surface area contributed by atoms with Gasteiger partial charge in [-0.1, -0.05) is 13.3 Å². The van der Waals surface area contributed by atoms with E-state index >= 15 is 0 Å². The fourth-order valence-electron chi connectivity index (χ4n) is 2.88. The molecule has 140 valence electrons. The molecule has 0 atom stereocenters. The first kappa shape index (κ1) is 18.7. The van der Waals surface area contributed by atoms with Gasteiger partial charge in [-0.3, -0.25) is 4.79 Å². The topological polar surface area (TPSA) is 65.7 Å². The lowest BCUT2D eigenvalue weighted by Gasteiger charge is -2.09. The number of ether oxygens (including phenoxy) is 2. The summed E-state index contributed by atoms with van der Waals surface area (Å²) in [7, 11) is 1.58. The van der Waals surface area contributed by atoms with Crippen molar-refractivity contribution in [2.75, 3.05) is 13.7 Å². The molecule has 0 bridgehead atoms. The number of rotatable bonds is 8. The molecule has 3 aromatic rings. The molecule has 1 aromatic heterocycles. The normalized spacial score (nSPS) is 10.7. The first-order valence-electron chi connectivity index (χ1n) is 8.97. The quantitative estimate of drug-likeness (QED) is 0.436. The molecule has 0 aliphatic carbocycles. The fourth-order valence-corrected chi connectivity index (χ4v) is 2.88. The van der Waals surface area contributed by atoms with Gasteiger partial charge in [-0.25, -0.2) is 4.79 Å². The van der Waals surface area contributed by atoms with E-state index in [1.54, 1.807) is 49.6 Å². The maximum absolute atomic E-state index is 12.3. The number of hydrogen-bond donors (Lipinski definition) is 0. The highest BCUT2D eigenvalue weighted by molar-refractivity contribution is 5.97. The second kappa shape index (κ2) is 8.54. The van der Waals surface area contributed by atoms with Gasteiger partial charge in [-0.2, -0.15) is 0 Å². The molecule has 0 saturated heterocycles. The Morgan fingerprint density at radius 2 is 1.78 bits per heavy atom. The van der Waals surface area contributed by atoms with Gasteiger partial charge in [0.2, 0.25) is 0 Å². The largest absolute Gasteiger partial charge is 0.497 e. The molecule has 0 spiro atoms. The summed E-state index contributed by atoms with van der Waals surface area (Å²) in [5.41, 5.74) is 1.62. The molecule has 0 amide bonds. The number of unbranched alkanes of at least 4 members (excludes halogenated alkanes) is 1. The van der Waals surface area contributed by atoms with Crippen molar-refractivity contribution < 1.29 is 18.7 Å². The van der Waals surface area contributed by atoms with E-state index in [0.717, 1.165) is 30.2 Å². The first-order valence-corrected chi connectivity index (χ1v) is 8.97. The molecular weight excluding hydrogens is 344 g/mol. The predicted octanol–water partition coefficient (Wildman–Crippen LogP) is 4.41. The Hall–Kier alpha value is -3.08. The lowest BCUT2D eigenvalue weighted by Crippen LogP contribution is -2.11. The number of methoxy groups -OCH3 is 1. The summed E-state index contributed by atoms with van der Waals surface area (Å²) >= 11 is 0. The number of benzene rings is 2. The second-order valence-electron chi connectivity index (χ2n) is 6.29. The number of ketones is 1. The summed E-state index contributed by atoms with van der Waals surface area (Å²) < 4.78 is 16.0. The Morgan fingerprint density at radius 3 is 2.48 bits per heavy atom. The number of hydrogen-bond acceptors (Lipinski definition) is 5. The van der Waals surface area contributed by atoms with E-state index in [9.17, 15) is 9.59 Å². The minimum absolute atomic E-state index is 0.0996. The van der Waals surface area contributed by atoms with Crippen molar-refractivity contribution in [1.82, 2.24) is 0 Å². The van der Waals surface area contributed by atoms with E-state index in [4.69, 9.17) is 13.9 Å². The third kappa shape index (κ3) is 4.56. The second-order valence-corrected chi connectivity index (χ2v) is 6.29. The average Bonchev–Trinajstić information content (AvgIpc) is 2.69.